The lowest BCUT2D eigenvalue weighted by Crippen LogP contribution is -2.19. The molecule has 2 heterocycles. The first-order valence-corrected chi connectivity index (χ1v) is 11.5. The number of aryl methyl sites for hydroxylation is 3. The first-order valence-electron chi connectivity index (χ1n) is 9.17. The third kappa shape index (κ3) is 3.47. The molecule has 0 bridgehead atoms. The second kappa shape index (κ2) is 7.47. The Bertz CT molecular complexity index is 1500. The number of nitrogens with zero attached hydrogens (tertiary/aromatic N) is 2. The summed E-state index contributed by atoms with van der Waals surface area (Å²) < 4.78 is 42.8. The van der Waals surface area contributed by atoms with Crippen LogP contribution in [-0.2, 0) is 23.9 Å². The van der Waals surface area contributed by atoms with E-state index in [1.54, 1.807) is 25.4 Å². The average Bonchev–Trinajstić information content (AvgIpc) is 3.25. The molecule has 0 aliphatic rings. The van der Waals surface area contributed by atoms with Gasteiger partial charge < -0.3 is 5.32 Å². The SMILES string of the molecule is Cc1ccsc1C(=O)Nc1cc2c(cc1S(=O)(=O)c1ccc(F)cc1)n(C)c(=O)n2C. The Morgan fingerprint density at radius 1 is 1.03 bits per heavy atom. The monoisotopic (exact) mass is 459 g/mol. The van der Waals surface area contributed by atoms with Crippen molar-refractivity contribution in [1.29, 1.82) is 0 Å². The quantitative estimate of drug-likeness (QED) is 0.473. The molecule has 160 valence electrons. The van der Waals surface area contributed by atoms with E-state index in [9.17, 15) is 22.4 Å². The van der Waals surface area contributed by atoms with Crippen molar-refractivity contribution in [2.75, 3.05) is 5.32 Å². The van der Waals surface area contributed by atoms with Crippen molar-refractivity contribution >= 4 is 43.8 Å². The molecule has 2 aromatic carbocycles. The predicted molar refractivity (Wildman–Crippen MR) is 117 cm³/mol. The number of imidazole rings is 1. The van der Waals surface area contributed by atoms with Crippen molar-refractivity contribution in [3.8, 4) is 0 Å². The molecule has 0 unspecified atom stereocenters. The number of anilines is 1. The number of hydrogen-bond acceptors (Lipinski definition) is 5. The third-order valence-electron chi connectivity index (χ3n) is 5.10. The molecule has 1 N–H and O–H groups in total. The zero-order valence-electron chi connectivity index (χ0n) is 16.8. The Balaban J connectivity index is 1.95. The lowest BCUT2D eigenvalue weighted by atomic mass is 10.2. The lowest BCUT2D eigenvalue weighted by Gasteiger charge is -2.13. The van der Waals surface area contributed by atoms with Crippen molar-refractivity contribution < 1.29 is 17.6 Å². The number of rotatable bonds is 4. The Kier molecular flexibility index (Phi) is 5.06. The van der Waals surface area contributed by atoms with E-state index in [2.05, 4.69) is 5.32 Å². The summed E-state index contributed by atoms with van der Waals surface area (Å²) in [5, 5.41) is 4.45. The molecule has 10 heteroatoms. The van der Waals surface area contributed by atoms with Gasteiger partial charge in [0, 0.05) is 14.1 Å². The van der Waals surface area contributed by atoms with E-state index in [1.807, 2.05) is 0 Å². The minimum Gasteiger partial charge on any atom is -0.320 e. The van der Waals surface area contributed by atoms with Gasteiger partial charge in [0.15, 0.2) is 0 Å². The zero-order chi connectivity index (χ0) is 22.5. The molecule has 0 aliphatic carbocycles. The number of amides is 1. The highest BCUT2D eigenvalue weighted by Gasteiger charge is 2.26. The maximum Gasteiger partial charge on any atom is 0.328 e. The zero-order valence-corrected chi connectivity index (χ0v) is 18.5. The molecule has 0 radical (unpaired) electrons. The van der Waals surface area contributed by atoms with E-state index < -0.39 is 21.6 Å². The van der Waals surface area contributed by atoms with Gasteiger partial charge in [0.05, 0.1) is 31.4 Å². The Labute approximate surface area is 181 Å². The van der Waals surface area contributed by atoms with E-state index in [0.29, 0.717) is 15.9 Å². The van der Waals surface area contributed by atoms with Crippen LogP contribution in [0.3, 0.4) is 0 Å². The molecule has 0 fully saturated rings. The molecule has 4 aromatic rings. The van der Waals surface area contributed by atoms with E-state index in [-0.39, 0.29) is 21.2 Å². The molecule has 2 aromatic heterocycles. The molecule has 1 amide bonds. The lowest BCUT2D eigenvalue weighted by molar-refractivity contribution is 0.103. The largest absolute Gasteiger partial charge is 0.328 e. The van der Waals surface area contributed by atoms with Crippen molar-refractivity contribution in [2.45, 2.75) is 16.7 Å². The van der Waals surface area contributed by atoms with Gasteiger partial charge in [-0.2, -0.15) is 0 Å². The molecule has 0 atom stereocenters. The topological polar surface area (TPSA) is 90.2 Å². The number of halogens is 1. The van der Waals surface area contributed by atoms with Crippen LogP contribution in [0.15, 0.2) is 62.4 Å². The van der Waals surface area contributed by atoms with Crippen LogP contribution in [0.25, 0.3) is 11.0 Å². The summed E-state index contributed by atoms with van der Waals surface area (Å²) in [5.74, 6) is -1.02. The van der Waals surface area contributed by atoms with Crippen molar-refractivity contribution in [1.82, 2.24) is 9.13 Å². The first kappa shape index (κ1) is 21.0. The second-order valence-electron chi connectivity index (χ2n) is 7.08. The number of carbonyl (C=O) groups is 1. The van der Waals surface area contributed by atoms with Crippen LogP contribution >= 0.6 is 11.3 Å². The minimum absolute atomic E-state index is 0.0378. The highest BCUT2D eigenvalue weighted by molar-refractivity contribution is 7.91. The van der Waals surface area contributed by atoms with E-state index in [1.165, 1.54) is 39.7 Å². The maximum atomic E-state index is 13.4. The molecule has 0 spiro atoms. The van der Waals surface area contributed by atoms with Gasteiger partial charge in [-0.3, -0.25) is 13.9 Å². The van der Waals surface area contributed by atoms with Gasteiger partial charge in [-0.05, 0) is 60.3 Å². The predicted octanol–water partition coefficient (Wildman–Crippen LogP) is 3.47. The van der Waals surface area contributed by atoms with E-state index in [0.717, 1.165) is 29.8 Å². The average molecular weight is 460 g/mol. The fourth-order valence-corrected chi connectivity index (χ4v) is 5.61. The second-order valence-corrected chi connectivity index (χ2v) is 9.92. The molecule has 0 saturated carbocycles. The number of carbonyl (C=O) groups excluding carboxylic acids is 1. The van der Waals surface area contributed by atoms with Crippen LogP contribution in [0.1, 0.15) is 15.2 Å². The number of sulfone groups is 1. The van der Waals surface area contributed by atoms with Crippen LogP contribution in [-0.4, -0.2) is 23.5 Å². The summed E-state index contributed by atoms with van der Waals surface area (Å²) in [7, 11) is -1.03. The van der Waals surface area contributed by atoms with Crippen molar-refractivity contribution in [3.63, 3.8) is 0 Å². The van der Waals surface area contributed by atoms with Gasteiger partial charge in [0.25, 0.3) is 5.91 Å². The molecular weight excluding hydrogens is 441 g/mol. The van der Waals surface area contributed by atoms with Crippen LogP contribution in [0, 0.1) is 12.7 Å². The Morgan fingerprint density at radius 3 is 2.23 bits per heavy atom. The number of aromatic nitrogens is 2. The van der Waals surface area contributed by atoms with Gasteiger partial charge >= 0.3 is 5.69 Å². The number of hydrogen-bond donors (Lipinski definition) is 1. The molecular formula is C21H18FN3O4S2. The van der Waals surface area contributed by atoms with Crippen LogP contribution < -0.4 is 11.0 Å². The third-order valence-corrected chi connectivity index (χ3v) is 7.93. The summed E-state index contributed by atoms with van der Waals surface area (Å²) in [6.45, 7) is 1.78. The van der Waals surface area contributed by atoms with Gasteiger partial charge in [-0.15, -0.1) is 11.3 Å². The van der Waals surface area contributed by atoms with Gasteiger partial charge in [-0.1, -0.05) is 0 Å². The summed E-state index contributed by atoms with van der Waals surface area (Å²) in [6, 6.07) is 9.04. The fourth-order valence-electron chi connectivity index (χ4n) is 3.37. The summed E-state index contributed by atoms with van der Waals surface area (Å²) >= 11 is 1.24. The first-order chi connectivity index (χ1) is 14.6. The maximum absolute atomic E-state index is 13.4. The van der Waals surface area contributed by atoms with Crippen LogP contribution in [0.5, 0.6) is 0 Å². The number of thiophene rings is 1. The van der Waals surface area contributed by atoms with Gasteiger partial charge in [-0.25, -0.2) is 17.6 Å². The summed E-state index contributed by atoms with van der Waals surface area (Å²) in [4.78, 5) is 25.3. The van der Waals surface area contributed by atoms with Gasteiger partial charge in [0.1, 0.15) is 5.82 Å². The Morgan fingerprint density at radius 2 is 1.65 bits per heavy atom. The van der Waals surface area contributed by atoms with Crippen LogP contribution in [0.4, 0.5) is 10.1 Å². The molecule has 7 nitrogen and oxygen atoms in total. The highest BCUT2D eigenvalue weighted by Crippen LogP contribution is 2.32. The Hall–Kier alpha value is -3.24. The number of nitrogens with one attached hydrogen (secondary N) is 1. The van der Waals surface area contributed by atoms with Crippen LogP contribution in [0.2, 0.25) is 0 Å². The summed E-state index contributed by atoms with van der Waals surface area (Å²) in [5.41, 5.74) is 1.31. The molecule has 0 aliphatic heterocycles. The van der Waals surface area contributed by atoms with E-state index >= 15 is 0 Å². The highest BCUT2D eigenvalue weighted by atomic mass is 32.2. The van der Waals surface area contributed by atoms with Crippen molar-refractivity contribution in [2.24, 2.45) is 14.1 Å². The normalized spacial score (nSPS) is 11.7. The molecule has 4 rings (SSSR count). The molecule has 0 saturated heterocycles. The smallest absolute Gasteiger partial charge is 0.320 e. The van der Waals surface area contributed by atoms with Gasteiger partial charge in [0.2, 0.25) is 9.84 Å². The fraction of sp³-hybridized carbons (Fsp3) is 0.143. The number of benzene rings is 2. The van der Waals surface area contributed by atoms with E-state index in [4.69, 9.17) is 0 Å². The number of fused-ring (bicyclic) bond motifs is 1. The standard InChI is InChI=1S/C21H18FN3O4S2/c1-12-8-9-30-19(12)20(26)23-15-10-16-17(25(3)21(27)24(16)2)11-18(15)31(28,29)14-6-4-13(22)5-7-14/h4-11H,1-3H3,(H,23,26). The summed E-state index contributed by atoms with van der Waals surface area (Å²) in [6.07, 6.45) is 0. The van der Waals surface area contributed by atoms with Crippen molar-refractivity contribution in [3.05, 3.63) is 74.6 Å². The minimum atomic E-state index is -4.13. The molecule has 31 heavy (non-hydrogen) atoms.